The first kappa shape index (κ1) is 30.4. The molecule has 0 radical (unpaired) electrons. The van der Waals surface area contributed by atoms with Crippen LogP contribution in [-0.2, 0) is 11.2 Å². The van der Waals surface area contributed by atoms with Crippen molar-refractivity contribution in [1.82, 2.24) is 8.75 Å². The Morgan fingerprint density at radius 2 is 1.48 bits per heavy atom. The Morgan fingerprint density at radius 3 is 2.10 bits per heavy atom. The number of hydrogen-bond donors (Lipinski definition) is 1. The molecule has 0 unspecified atom stereocenters. The highest BCUT2D eigenvalue weighted by Crippen LogP contribution is 2.41. The van der Waals surface area contributed by atoms with E-state index in [0.29, 0.717) is 33.8 Å². The van der Waals surface area contributed by atoms with Crippen molar-refractivity contribution in [1.29, 1.82) is 0 Å². The molecule has 0 aliphatic carbocycles. The summed E-state index contributed by atoms with van der Waals surface area (Å²) in [5.41, 5.74) is 1.49. The van der Waals surface area contributed by atoms with Gasteiger partial charge in [-0.25, -0.2) is 9.18 Å². The van der Waals surface area contributed by atoms with Gasteiger partial charge in [0.2, 0.25) is 5.75 Å². The van der Waals surface area contributed by atoms with Crippen molar-refractivity contribution >= 4 is 40.1 Å². The minimum Gasteiger partial charge on any atom is -0.494 e. The van der Waals surface area contributed by atoms with Gasteiger partial charge in [-0.3, -0.25) is 4.79 Å². The first-order valence-electron chi connectivity index (χ1n) is 13.1. The van der Waals surface area contributed by atoms with Crippen molar-refractivity contribution < 1.29 is 38.0 Å². The summed E-state index contributed by atoms with van der Waals surface area (Å²) in [5.74, 6) is -1.68. The maximum Gasteiger partial charge on any atom is 0.336 e. The van der Waals surface area contributed by atoms with E-state index in [4.69, 9.17) is 18.9 Å². The number of rotatable bonds is 12. The standard InChI is InChI=1S/C31H31FN2O7S/c1-16(2)40-27-13-18(12-26(39-6)30(27)41-17(3)4)11-21(29(35)20-8-10-25(38-5)22(32)14-20)28(31(36)37)19-7-9-23-24(15-19)34-42-33-23/h7-10,12-17H,11H2,1-6H3,(H,36,37)/b28-21+. The molecule has 1 aromatic heterocycles. The van der Waals surface area contributed by atoms with Crippen molar-refractivity contribution in [3.05, 3.63) is 76.6 Å². The molecule has 4 rings (SSSR count). The maximum atomic E-state index is 14.7. The number of nitrogens with zero attached hydrogens (tertiary/aromatic N) is 2. The molecule has 11 heteroatoms. The summed E-state index contributed by atoms with van der Waals surface area (Å²) in [6.45, 7) is 7.45. The summed E-state index contributed by atoms with van der Waals surface area (Å²) in [7, 11) is 2.79. The van der Waals surface area contributed by atoms with Gasteiger partial charge < -0.3 is 24.1 Å². The molecule has 0 aliphatic heterocycles. The van der Waals surface area contributed by atoms with E-state index in [0.717, 1.165) is 17.8 Å². The van der Waals surface area contributed by atoms with Gasteiger partial charge >= 0.3 is 5.97 Å². The van der Waals surface area contributed by atoms with Crippen molar-refractivity contribution in [3.8, 4) is 23.0 Å². The Hall–Kier alpha value is -4.51. The Kier molecular flexibility index (Phi) is 9.41. The molecule has 0 bridgehead atoms. The molecule has 3 aromatic carbocycles. The number of carbonyl (C=O) groups excluding carboxylic acids is 1. The normalized spacial score (nSPS) is 11.9. The second-order valence-corrected chi connectivity index (χ2v) is 10.5. The molecule has 0 saturated heterocycles. The molecule has 42 heavy (non-hydrogen) atoms. The fourth-order valence-electron chi connectivity index (χ4n) is 4.41. The highest BCUT2D eigenvalue weighted by molar-refractivity contribution is 7.00. The number of ketones is 1. The summed E-state index contributed by atoms with van der Waals surface area (Å²) in [5, 5.41) is 10.4. The molecule has 0 aliphatic rings. The van der Waals surface area contributed by atoms with Gasteiger partial charge in [0.05, 0.1) is 43.7 Å². The molecule has 0 saturated carbocycles. The molecule has 0 amide bonds. The lowest BCUT2D eigenvalue weighted by atomic mass is 9.89. The van der Waals surface area contributed by atoms with Crippen molar-refractivity contribution in [3.63, 3.8) is 0 Å². The van der Waals surface area contributed by atoms with Crippen LogP contribution in [0.3, 0.4) is 0 Å². The van der Waals surface area contributed by atoms with Crippen molar-refractivity contribution in [2.24, 2.45) is 0 Å². The maximum absolute atomic E-state index is 14.7. The number of methoxy groups -OCH3 is 2. The zero-order valence-corrected chi connectivity index (χ0v) is 24.9. The molecule has 9 nitrogen and oxygen atoms in total. The minimum atomic E-state index is -1.33. The molecule has 220 valence electrons. The number of allylic oxidation sites excluding steroid dienone is 1. The minimum absolute atomic E-state index is 0.0381. The van der Waals surface area contributed by atoms with Crippen LogP contribution in [0, 0.1) is 5.82 Å². The number of aliphatic carboxylic acids is 1. The monoisotopic (exact) mass is 594 g/mol. The van der Waals surface area contributed by atoms with Gasteiger partial charge in [-0.15, -0.1) is 0 Å². The van der Waals surface area contributed by atoms with Crippen LogP contribution in [0.15, 0.2) is 54.1 Å². The molecule has 4 aromatic rings. The SMILES string of the molecule is COc1ccc(C(=O)/C(Cc2cc(OC)c(OC(C)C)c(OC(C)C)c2)=C(/C(=O)O)c2ccc3nsnc3c2)cc1F. The lowest BCUT2D eigenvalue weighted by molar-refractivity contribution is -0.130. The second-order valence-electron chi connectivity index (χ2n) is 9.94. The average molecular weight is 595 g/mol. The van der Waals surface area contributed by atoms with E-state index in [1.807, 2.05) is 27.7 Å². The van der Waals surface area contributed by atoms with Gasteiger partial charge in [0.25, 0.3) is 0 Å². The third kappa shape index (κ3) is 6.68. The predicted octanol–water partition coefficient (Wildman–Crippen LogP) is 6.39. The van der Waals surface area contributed by atoms with E-state index in [1.165, 1.54) is 26.4 Å². The topological polar surface area (TPSA) is 117 Å². The largest absolute Gasteiger partial charge is 0.494 e. The Labute approximate surface area is 246 Å². The number of ether oxygens (including phenoxy) is 4. The van der Waals surface area contributed by atoms with Gasteiger partial charge in [0.15, 0.2) is 28.8 Å². The van der Waals surface area contributed by atoms with Gasteiger partial charge in [-0.2, -0.15) is 8.75 Å². The highest BCUT2D eigenvalue weighted by atomic mass is 32.1. The number of hydrogen-bond acceptors (Lipinski definition) is 9. The lowest BCUT2D eigenvalue weighted by Crippen LogP contribution is -2.15. The van der Waals surface area contributed by atoms with Gasteiger partial charge in [0.1, 0.15) is 11.0 Å². The van der Waals surface area contributed by atoms with Crippen LogP contribution >= 0.6 is 11.7 Å². The zero-order chi connectivity index (χ0) is 30.6. The molecule has 1 heterocycles. The van der Waals surface area contributed by atoms with E-state index in [-0.39, 0.29) is 46.7 Å². The third-order valence-corrected chi connectivity index (χ3v) is 6.70. The van der Waals surface area contributed by atoms with E-state index in [2.05, 4.69) is 8.75 Å². The van der Waals surface area contributed by atoms with Crippen LogP contribution in [0.25, 0.3) is 16.6 Å². The molecular formula is C31H31FN2O7S. The third-order valence-electron chi connectivity index (χ3n) is 6.14. The number of carbonyl (C=O) groups is 2. The van der Waals surface area contributed by atoms with E-state index in [1.54, 1.807) is 30.3 Å². The fraction of sp³-hybridized carbons (Fsp3) is 0.290. The number of aromatic nitrogens is 2. The number of carboxylic acids is 1. The summed E-state index contributed by atoms with van der Waals surface area (Å²) >= 11 is 0.993. The van der Waals surface area contributed by atoms with E-state index >= 15 is 0 Å². The van der Waals surface area contributed by atoms with Crippen LogP contribution in [0.1, 0.15) is 49.2 Å². The summed E-state index contributed by atoms with van der Waals surface area (Å²) in [4.78, 5) is 26.8. The van der Waals surface area contributed by atoms with Gasteiger partial charge in [-0.1, -0.05) is 6.07 Å². The average Bonchev–Trinajstić information content (AvgIpc) is 3.41. The van der Waals surface area contributed by atoms with Crippen LogP contribution < -0.4 is 18.9 Å². The quantitative estimate of drug-likeness (QED) is 0.147. The van der Waals surface area contributed by atoms with Crippen molar-refractivity contribution in [2.75, 3.05) is 14.2 Å². The summed E-state index contributed by atoms with van der Waals surface area (Å²) < 4.78 is 45.7. The van der Waals surface area contributed by atoms with Gasteiger partial charge in [0, 0.05) is 17.6 Å². The van der Waals surface area contributed by atoms with Crippen LogP contribution in [0.4, 0.5) is 4.39 Å². The van der Waals surface area contributed by atoms with Crippen LogP contribution in [0.2, 0.25) is 0 Å². The zero-order valence-electron chi connectivity index (χ0n) is 24.1. The Bertz CT molecular complexity index is 1660. The van der Waals surface area contributed by atoms with Crippen molar-refractivity contribution in [2.45, 2.75) is 46.3 Å². The first-order chi connectivity index (χ1) is 20.0. The molecule has 0 spiro atoms. The Balaban J connectivity index is 1.95. The first-order valence-corrected chi connectivity index (χ1v) is 13.9. The molecule has 0 fully saturated rings. The molecule has 1 N–H and O–H groups in total. The number of benzene rings is 3. The smallest absolute Gasteiger partial charge is 0.336 e. The van der Waals surface area contributed by atoms with Gasteiger partial charge in [-0.05, 0) is 81.3 Å². The number of Topliss-reactive ketones (excluding diaryl/α,β-unsaturated/α-hetero) is 1. The molecular weight excluding hydrogens is 563 g/mol. The fourth-order valence-corrected chi connectivity index (χ4v) is 4.93. The van der Waals surface area contributed by atoms with Crippen LogP contribution in [-0.4, -0.2) is 52.0 Å². The summed E-state index contributed by atoms with van der Waals surface area (Å²) in [6, 6.07) is 11.9. The summed E-state index contributed by atoms with van der Waals surface area (Å²) in [6.07, 6.45) is -0.546. The van der Waals surface area contributed by atoms with Crippen LogP contribution in [0.5, 0.6) is 23.0 Å². The van der Waals surface area contributed by atoms with E-state index < -0.39 is 17.6 Å². The lowest BCUT2D eigenvalue weighted by Gasteiger charge is -2.21. The number of fused-ring (bicyclic) bond motifs is 1. The number of halogens is 1. The molecule has 0 atom stereocenters. The highest BCUT2D eigenvalue weighted by Gasteiger charge is 2.27. The Morgan fingerprint density at radius 1 is 0.833 bits per heavy atom. The predicted molar refractivity (Wildman–Crippen MR) is 157 cm³/mol. The number of carboxylic acid groups (broad SMARTS) is 1. The van der Waals surface area contributed by atoms with E-state index in [9.17, 15) is 19.1 Å². The second kappa shape index (κ2) is 13.0.